The monoisotopic (exact) mass is 273 g/mol. The van der Waals surface area contributed by atoms with E-state index in [4.69, 9.17) is 21.1 Å². The summed E-state index contributed by atoms with van der Waals surface area (Å²) in [6, 6.07) is 0. The Balaban J connectivity index is 2.33. The van der Waals surface area contributed by atoms with Crippen molar-refractivity contribution in [2.45, 2.75) is 25.1 Å². The maximum atomic E-state index is 6.02. The highest BCUT2D eigenvalue weighted by atomic mass is 35.5. The zero-order valence-corrected chi connectivity index (χ0v) is 11.6. The smallest absolute Gasteiger partial charge is 0.234 e. The molecule has 0 aliphatic carbocycles. The van der Waals surface area contributed by atoms with Crippen LogP contribution in [0, 0.1) is 0 Å². The molecule has 0 aliphatic heterocycles. The fourth-order valence-corrected chi connectivity index (χ4v) is 1.57. The number of rotatable bonds is 9. The summed E-state index contributed by atoms with van der Waals surface area (Å²) in [5, 5.41) is 3.17. The molecule has 6 heteroatoms. The fourth-order valence-electron chi connectivity index (χ4n) is 1.33. The van der Waals surface area contributed by atoms with Crippen LogP contribution >= 0.6 is 11.6 Å². The molecule has 1 atom stereocenters. The second kappa shape index (κ2) is 8.94. The van der Waals surface area contributed by atoms with Gasteiger partial charge in [0.25, 0.3) is 0 Å². The molecule has 1 heterocycles. The van der Waals surface area contributed by atoms with E-state index in [9.17, 15) is 0 Å². The third-order valence-electron chi connectivity index (χ3n) is 2.18. The Hall–Kier alpha value is -1.07. The first-order valence-electron chi connectivity index (χ1n) is 6.08. The van der Waals surface area contributed by atoms with Crippen molar-refractivity contribution in [3.8, 4) is 5.88 Å². The van der Waals surface area contributed by atoms with Gasteiger partial charge in [-0.2, -0.15) is 4.98 Å². The van der Waals surface area contributed by atoms with E-state index in [1.165, 1.54) is 0 Å². The number of nitrogens with one attached hydrogen (secondary N) is 1. The molecule has 1 N–H and O–H groups in total. The van der Waals surface area contributed by atoms with Crippen LogP contribution in [0.25, 0.3) is 0 Å². The highest BCUT2D eigenvalue weighted by Crippen LogP contribution is 2.10. The van der Waals surface area contributed by atoms with Crippen LogP contribution in [0.4, 0.5) is 5.82 Å². The van der Waals surface area contributed by atoms with E-state index in [2.05, 4.69) is 15.3 Å². The van der Waals surface area contributed by atoms with Gasteiger partial charge in [-0.3, -0.25) is 4.98 Å². The van der Waals surface area contributed by atoms with Crippen LogP contribution in [0.5, 0.6) is 5.88 Å². The molecule has 0 aromatic carbocycles. The molecular weight excluding hydrogens is 254 g/mol. The van der Waals surface area contributed by atoms with Gasteiger partial charge in [-0.25, -0.2) is 0 Å². The summed E-state index contributed by atoms with van der Waals surface area (Å²) in [5.41, 5.74) is 0. The van der Waals surface area contributed by atoms with Crippen LogP contribution in [-0.2, 0) is 4.74 Å². The van der Waals surface area contributed by atoms with E-state index in [0.717, 1.165) is 19.4 Å². The molecule has 0 radical (unpaired) electrons. The first-order chi connectivity index (χ1) is 8.76. The lowest BCUT2D eigenvalue weighted by atomic mass is 10.3. The Bertz CT molecular complexity index is 339. The van der Waals surface area contributed by atoms with Crippen LogP contribution in [0.3, 0.4) is 0 Å². The minimum atomic E-state index is 0.00924. The van der Waals surface area contributed by atoms with E-state index < -0.39 is 0 Å². The van der Waals surface area contributed by atoms with Crippen molar-refractivity contribution >= 4 is 17.4 Å². The number of ether oxygens (including phenoxy) is 2. The summed E-state index contributed by atoms with van der Waals surface area (Å²) < 4.78 is 10.4. The topological polar surface area (TPSA) is 56.3 Å². The van der Waals surface area contributed by atoms with Gasteiger partial charge in [0, 0.05) is 13.7 Å². The zero-order chi connectivity index (χ0) is 13.2. The van der Waals surface area contributed by atoms with Crippen molar-refractivity contribution in [2.24, 2.45) is 0 Å². The summed E-state index contributed by atoms with van der Waals surface area (Å²) in [5.74, 6) is 1.24. The average Bonchev–Trinajstić information content (AvgIpc) is 2.37. The summed E-state index contributed by atoms with van der Waals surface area (Å²) >= 11 is 6.02. The Kier molecular flexibility index (Phi) is 7.44. The van der Waals surface area contributed by atoms with Gasteiger partial charge in [-0.1, -0.05) is 6.92 Å². The van der Waals surface area contributed by atoms with E-state index >= 15 is 0 Å². The minimum absolute atomic E-state index is 0.00924. The molecule has 1 unspecified atom stereocenters. The maximum Gasteiger partial charge on any atom is 0.234 e. The largest absolute Gasteiger partial charge is 0.477 e. The Labute approximate surface area is 113 Å². The van der Waals surface area contributed by atoms with Crippen LogP contribution in [0.2, 0.25) is 0 Å². The Morgan fingerprint density at radius 3 is 3.00 bits per heavy atom. The molecule has 1 aromatic heterocycles. The minimum Gasteiger partial charge on any atom is -0.477 e. The lowest BCUT2D eigenvalue weighted by Crippen LogP contribution is -2.14. The molecule has 0 aliphatic rings. The molecule has 0 saturated heterocycles. The van der Waals surface area contributed by atoms with Crippen molar-refractivity contribution in [2.75, 3.05) is 32.2 Å². The summed E-state index contributed by atoms with van der Waals surface area (Å²) in [6.07, 6.45) is 5.02. The number of hydrogen-bond donors (Lipinski definition) is 1. The first-order valence-corrected chi connectivity index (χ1v) is 6.51. The quantitative estimate of drug-likeness (QED) is 0.700. The summed E-state index contributed by atoms with van der Waals surface area (Å²) in [7, 11) is 1.64. The standard InChI is InChI=1S/C12H20ClN3O2/c1-3-6-18-12-8-14-7-11(16-12)15-5-4-10(13)9-17-2/h7-8,10H,3-6,9H2,1-2H3,(H,15,16). The second-order valence-electron chi connectivity index (χ2n) is 3.86. The molecule has 0 amide bonds. The van der Waals surface area contributed by atoms with Crippen molar-refractivity contribution in [1.82, 2.24) is 9.97 Å². The molecule has 18 heavy (non-hydrogen) atoms. The van der Waals surface area contributed by atoms with Crippen molar-refractivity contribution in [3.63, 3.8) is 0 Å². The van der Waals surface area contributed by atoms with Crippen molar-refractivity contribution in [3.05, 3.63) is 12.4 Å². The predicted octanol–water partition coefficient (Wildman–Crippen LogP) is 2.32. The zero-order valence-electron chi connectivity index (χ0n) is 10.9. The van der Waals surface area contributed by atoms with Gasteiger partial charge < -0.3 is 14.8 Å². The third-order valence-corrected chi connectivity index (χ3v) is 2.52. The lowest BCUT2D eigenvalue weighted by Gasteiger charge is -2.10. The molecule has 0 spiro atoms. The maximum absolute atomic E-state index is 6.02. The normalized spacial score (nSPS) is 12.2. The number of alkyl halides is 1. The number of aromatic nitrogens is 2. The van der Waals surface area contributed by atoms with Gasteiger partial charge in [0.15, 0.2) is 0 Å². The third kappa shape index (κ3) is 6.02. The average molecular weight is 274 g/mol. The highest BCUT2D eigenvalue weighted by molar-refractivity contribution is 6.20. The summed E-state index contributed by atoms with van der Waals surface area (Å²) in [4.78, 5) is 8.35. The van der Waals surface area contributed by atoms with E-state index in [0.29, 0.717) is 24.9 Å². The van der Waals surface area contributed by atoms with E-state index in [-0.39, 0.29) is 5.38 Å². The lowest BCUT2D eigenvalue weighted by molar-refractivity contribution is 0.196. The van der Waals surface area contributed by atoms with E-state index in [1.54, 1.807) is 19.5 Å². The van der Waals surface area contributed by atoms with Gasteiger partial charge in [-0.15, -0.1) is 11.6 Å². The highest BCUT2D eigenvalue weighted by Gasteiger charge is 2.04. The molecule has 5 nitrogen and oxygen atoms in total. The molecular formula is C12H20ClN3O2. The molecule has 0 bridgehead atoms. The molecule has 1 aromatic rings. The number of hydrogen-bond acceptors (Lipinski definition) is 5. The van der Waals surface area contributed by atoms with Gasteiger partial charge >= 0.3 is 0 Å². The van der Waals surface area contributed by atoms with Crippen molar-refractivity contribution < 1.29 is 9.47 Å². The van der Waals surface area contributed by atoms with Crippen LogP contribution in [0.1, 0.15) is 19.8 Å². The van der Waals surface area contributed by atoms with E-state index in [1.807, 2.05) is 6.92 Å². The van der Waals surface area contributed by atoms with Gasteiger partial charge in [0.1, 0.15) is 5.82 Å². The number of anilines is 1. The number of methoxy groups -OCH3 is 1. The number of halogens is 1. The van der Waals surface area contributed by atoms with Gasteiger partial charge in [0.2, 0.25) is 5.88 Å². The summed E-state index contributed by atoms with van der Waals surface area (Å²) in [6.45, 7) is 3.97. The molecule has 102 valence electrons. The molecule has 0 fully saturated rings. The van der Waals surface area contributed by atoms with Gasteiger partial charge in [0.05, 0.1) is 31.0 Å². The first kappa shape index (κ1) is 15.0. The van der Waals surface area contributed by atoms with Crippen molar-refractivity contribution in [1.29, 1.82) is 0 Å². The molecule has 0 saturated carbocycles. The van der Waals surface area contributed by atoms with Gasteiger partial charge in [-0.05, 0) is 12.8 Å². The fraction of sp³-hybridized carbons (Fsp3) is 0.667. The Morgan fingerprint density at radius 2 is 2.28 bits per heavy atom. The van der Waals surface area contributed by atoms with Crippen LogP contribution < -0.4 is 10.1 Å². The van der Waals surface area contributed by atoms with Crippen LogP contribution in [-0.4, -0.2) is 42.2 Å². The van der Waals surface area contributed by atoms with Crippen LogP contribution in [0.15, 0.2) is 12.4 Å². The second-order valence-corrected chi connectivity index (χ2v) is 4.48. The SMILES string of the molecule is CCCOc1cncc(NCCC(Cl)COC)n1. The number of nitrogens with zero attached hydrogens (tertiary/aromatic N) is 2. The predicted molar refractivity (Wildman–Crippen MR) is 72.4 cm³/mol. The molecule has 1 rings (SSSR count). The Morgan fingerprint density at radius 1 is 1.44 bits per heavy atom.